The van der Waals surface area contributed by atoms with Gasteiger partial charge in [-0.25, -0.2) is 8.42 Å². The van der Waals surface area contributed by atoms with Gasteiger partial charge in [0.2, 0.25) is 0 Å². The van der Waals surface area contributed by atoms with Crippen LogP contribution in [0, 0.1) is 0 Å². The maximum atomic E-state index is 9.73. The zero-order valence-electron chi connectivity index (χ0n) is 5.36. The Labute approximate surface area is 76.3 Å². The predicted octanol–water partition coefficient (Wildman–Crippen LogP) is -4.08. The van der Waals surface area contributed by atoms with E-state index in [2.05, 4.69) is 0 Å². The Morgan fingerprint density at radius 3 is 2.00 bits per heavy atom. The number of hydrogen-bond acceptors (Lipinski definition) is 4. The molecule has 0 aromatic carbocycles. The fourth-order valence-electron chi connectivity index (χ4n) is 0.295. The summed E-state index contributed by atoms with van der Waals surface area (Å²) in [6.07, 6.45) is -1.06. The van der Waals surface area contributed by atoms with E-state index in [0.717, 1.165) is 0 Å². The zero-order valence-corrected chi connectivity index (χ0v) is 8.18. The molecule has 4 nitrogen and oxygen atoms in total. The van der Waals surface area contributed by atoms with Crippen LogP contribution in [0.15, 0.2) is 0 Å². The van der Waals surface area contributed by atoms with Crippen molar-refractivity contribution >= 4 is 10.1 Å². The van der Waals surface area contributed by atoms with Crippen LogP contribution in [0.1, 0.15) is 6.92 Å². The van der Waals surface area contributed by atoms with E-state index < -0.39 is 22.0 Å². The molecule has 1 N–H and O–H groups in total. The Morgan fingerprint density at radius 1 is 1.67 bits per heavy atom. The van der Waals surface area contributed by atoms with E-state index in [1.54, 1.807) is 0 Å². The first-order chi connectivity index (χ1) is 3.42. The molecule has 6 heteroatoms. The van der Waals surface area contributed by atoms with E-state index in [-0.39, 0.29) is 29.6 Å². The largest absolute Gasteiger partial charge is 1.00 e. The van der Waals surface area contributed by atoms with E-state index in [9.17, 15) is 13.0 Å². The van der Waals surface area contributed by atoms with Crippen LogP contribution in [0.5, 0.6) is 0 Å². The van der Waals surface area contributed by atoms with Crippen molar-refractivity contribution in [2.45, 2.75) is 13.0 Å². The van der Waals surface area contributed by atoms with Crippen molar-refractivity contribution in [2.24, 2.45) is 0 Å². The first kappa shape index (κ1) is 12.5. The molecule has 0 saturated heterocycles. The van der Waals surface area contributed by atoms with Gasteiger partial charge in [-0.1, -0.05) is 0 Å². The maximum Gasteiger partial charge on any atom is 1.00 e. The molecule has 0 rings (SSSR count). The van der Waals surface area contributed by atoms with E-state index in [0.29, 0.717) is 0 Å². The molecule has 0 aliphatic carbocycles. The second-order valence-corrected chi connectivity index (χ2v) is 3.02. The molecule has 1 atom stereocenters. The molecule has 0 aromatic heterocycles. The van der Waals surface area contributed by atoms with Gasteiger partial charge in [0, 0.05) is 0 Å². The molecule has 9 heavy (non-hydrogen) atoms. The van der Waals surface area contributed by atoms with Crippen LogP contribution in [0.25, 0.3) is 0 Å². The Balaban J connectivity index is 0. The topological polar surface area (TPSA) is 77.4 Å². The molecule has 0 heterocycles. The standard InChI is InChI=1S/C3H8O4S.Na/c1-3(4)2-8(5,6)7;/h3-4H,2H2,1H3,(H,5,6,7);/q;+1/p-1. The molecule has 0 saturated carbocycles. The van der Waals surface area contributed by atoms with E-state index >= 15 is 0 Å². The minimum atomic E-state index is -4.22. The molecule has 0 fully saturated rings. The molecule has 0 aromatic rings. The molecule has 0 aliphatic rings. The fourth-order valence-corrected chi connectivity index (χ4v) is 0.886. The first-order valence-corrected chi connectivity index (χ1v) is 3.61. The summed E-state index contributed by atoms with van der Waals surface area (Å²) in [6, 6.07) is 0. The third-order valence-electron chi connectivity index (χ3n) is 0.445. The van der Waals surface area contributed by atoms with Crippen LogP contribution >= 0.6 is 0 Å². The van der Waals surface area contributed by atoms with E-state index in [1.165, 1.54) is 6.92 Å². The van der Waals surface area contributed by atoms with E-state index in [1.807, 2.05) is 0 Å². The predicted molar refractivity (Wildman–Crippen MR) is 26.2 cm³/mol. The normalized spacial score (nSPS) is 14.1. The van der Waals surface area contributed by atoms with Gasteiger partial charge in [0.05, 0.1) is 22.0 Å². The summed E-state index contributed by atoms with van der Waals surface area (Å²) < 4.78 is 29.2. The molecule has 1 unspecified atom stereocenters. The Bertz CT molecular complexity index is 149. The molecular weight excluding hydrogens is 155 g/mol. The molecule has 50 valence electrons. The van der Waals surface area contributed by atoms with E-state index in [4.69, 9.17) is 5.11 Å². The summed E-state index contributed by atoms with van der Waals surface area (Å²) in [4.78, 5) is 0. The molecule has 0 bridgehead atoms. The van der Waals surface area contributed by atoms with Gasteiger partial charge in [0.25, 0.3) is 0 Å². The summed E-state index contributed by atoms with van der Waals surface area (Å²) in [5, 5.41) is 8.31. The second kappa shape index (κ2) is 4.65. The minimum Gasteiger partial charge on any atom is -0.748 e. The van der Waals surface area contributed by atoms with Gasteiger partial charge in [-0.05, 0) is 6.92 Å². The van der Waals surface area contributed by atoms with Crippen molar-refractivity contribution in [3.63, 3.8) is 0 Å². The summed E-state index contributed by atoms with van der Waals surface area (Å²) in [5.41, 5.74) is 0. The van der Waals surface area contributed by atoms with Crippen molar-refractivity contribution in [1.29, 1.82) is 0 Å². The summed E-state index contributed by atoms with van der Waals surface area (Å²) in [7, 11) is -4.22. The van der Waals surface area contributed by atoms with Crippen LogP contribution in [-0.4, -0.2) is 29.9 Å². The van der Waals surface area contributed by atoms with Gasteiger partial charge in [-0.3, -0.25) is 0 Å². The number of aliphatic hydroxyl groups is 1. The molecule has 0 radical (unpaired) electrons. The third-order valence-corrected chi connectivity index (χ3v) is 1.34. The Morgan fingerprint density at radius 2 is 2.00 bits per heavy atom. The van der Waals surface area contributed by atoms with Crippen LogP contribution in [0.4, 0.5) is 0 Å². The number of aliphatic hydroxyl groups excluding tert-OH is 1. The SMILES string of the molecule is CC(O)CS(=O)(=O)[O-].[Na+]. The summed E-state index contributed by atoms with van der Waals surface area (Å²) in [5.74, 6) is -0.701. The van der Waals surface area contributed by atoms with Crippen LogP contribution in [0.2, 0.25) is 0 Å². The van der Waals surface area contributed by atoms with Crippen LogP contribution in [0.3, 0.4) is 0 Å². The van der Waals surface area contributed by atoms with Gasteiger partial charge in [-0.2, -0.15) is 0 Å². The Hall–Kier alpha value is 0.870. The molecule has 0 spiro atoms. The van der Waals surface area contributed by atoms with Crippen molar-refractivity contribution in [3.05, 3.63) is 0 Å². The zero-order chi connectivity index (χ0) is 6.78. The quantitative estimate of drug-likeness (QED) is 0.331. The monoisotopic (exact) mass is 162 g/mol. The third kappa shape index (κ3) is 12.1. The summed E-state index contributed by atoms with van der Waals surface area (Å²) in [6.45, 7) is 1.25. The van der Waals surface area contributed by atoms with Gasteiger partial charge >= 0.3 is 29.6 Å². The minimum absolute atomic E-state index is 0. The Kier molecular flexibility index (Phi) is 6.48. The number of hydrogen-bond donors (Lipinski definition) is 1. The van der Waals surface area contributed by atoms with Crippen LogP contribution in [-0.2, 0) is 10.1 Å². The van der Waals surface area contributed by atoms with Gasteiger partial charge in [0.15, 0.2) is 0 Å². The fraction of sp³-hybridized carbons (Fsp3) is 1.00. The van der Waals surface area contributed by atoms with Crippen LogP contribution < -0.4 is 29.6 Å². The molecular formula is C3H7NaO4S. The van der Waals surface area contributed by atoms with Crippen molar-refractivity contribution < 1.29 is 47.6 Å². The second-order valence-electron chi connectivity index (χ2n) is 1.57. The average molecular weight is 162 g/mol. The maximum absolute atomic E-state index is 9.73. The van der Waals surface area contributed by atoms with Crippen molar-refractivity contribution in [3.8, 4) is 0 Å². The van der Waals surface area contributed by atoms with Gasteiger partial charge < -0.3 is 9.66 Å². The smallest absolute Gasteiger partial charge is 0.748 e. The van der Waals surface area contributed by atoms with Crippen molar-refractivity contribution in [2.75, 3.05) is 5.75 Å². The van der Waals surface area contributed by atoms with Crippen molar-refractivity contribution in [1.82, 2.24) is 0 Å². The molecule has 0 amide bonds. The summed E-state index contributed by atoms with van der Waals surface area (Å²) >= 11 is 0. The van der Waals surface area contributed by atoms with Gasteiger partial charge in [0.1, 0.15) is 0 Å². The number of rotatable bonds is 2. The molecule has 0 aliphatic heterocycles. The average Bonchev–Trinajstić information content (AvgIpc) is 1.21. The first-order valence-electron chi connectivity index (χ1n) is 2.03. The van der Waals surface area contributed by atoms with Gasteiger partial charge in [-0.15, -0.1) is 0 Å².